The number of carbonyl (C=O) groups excluding carboxylic acids is 3. The standard InChI is InChI=1S/C18H14ClF2N3O4/c19-10-1-4-15(25)12(6-10)18(28)23-22-17(27)9-5-16(26)24(8-9)14-3-2-11(20)7-13(14)21/h1-4,6-7,9,25H,5,8H2,(H,22,27)(H,23,28). The lowest BCUT2D eigenvalue weighted by Crippen LogP contribution is -2.45. The summed E-state index contributed by atoms with van der Waals surface area (Å²) in [5, 5.41) is 9.89. The largest absolute Gasteiger partial charge is 0.507 e. The van der Waals surface area contributed by atoms with Crippen LogP contribution in [0.15, 0.2) is 36.4 Å². The number of benzene rings is 2. The number of carbonyl (C=O) groups is 3. The summed E-state index contributed by atoms with van der Waals surface area (Å²) in [5.74, 6) is -4.87. The summed E-state index contributed by atoms with van der Waals surface area (Å²) in [4.78, 5) is 37.5. The summed E-state index contributed by atoms with van der Waals surface area (Å²) in [5.41, 5.74) is 4.00. The minimum Gasteiger partial charge on any atom is -0.507 e. The van der Waals surface area contributed by atoms with Crippen molar-refractivity contribution in [3.8, 4) is 5.75 Å². The van der Waals surface area contributed by atoms with Gasteiger partial charge in [-0.25, -0.2) is 8.78 Å². The average molecular weight is 410 g/mol. The Labute approximate surface area is 162 Å². The second-order valence-electron chi connectivity index (χ2n) is 6.11. The number of halogens is 3. The molecule has 1 saturated heterocycles. The Kier molecular flexibility index (Phi) is 5.46. The third kappa shape index (κ3) is 4.04. The summed E-state index contributed by atoms with van der Waals surface area (Å²) in [7, 11) is 0. The van der Waals surface area contributed by atoms with Gasteiger partial charge in [-0.1, -0.05) is 11.6 Å². The number of nitrogens with zero attached hydrogens (tertiary/aromatic N) is 1. The Balaban J connectivity index is 1.63. The van der Waals surface area contributed by atoms with E-state index in [9.17, 15) is 28.3 Å². The van der Waals surface area contributed by atoms with Crippen molar-refractivity contribution in [1.29, 1.82) is 0 Å². The number of aromatic hydroxyl groups is 1. The molecule has 0 aliphatic carbocycles. The van der Waals surface area contributed by atoms with E-state index in [-0.39, 0.29) is 35.0 Å². The van der Waals surface area contributed by atoms with Crippen molar-refractivity contribution in [3.05, 3.63) is 58.6 Å². The lowest BCUT2D eigenvalue weighted by molar-refractivity contribution is -0.126. The van der Waals surface area contributed by atoms with Gasteiger partial charge in [-0.2, -0.15) is 0 Å². The number of nitrogens with one attached hydrogen (secondary N) is 2. The zero-order valence-corrected chi connectivity index (χ0v) is 15.0. The first-order chi connectivity index (χ1) is 13.3. The van der Waals surface area contributed by atoms with E-state index >= 15 is 0 Å². The SMILES string of the molecule is O=C(NNC(=O)C1CC(=O)N(c2ccc(F)cc2F)C1)c1cc(Cl)ccc1O. The molecule has 1 atom stereocenters. The molecule has 0 saturated carbocycles. The molecule has 1 aliphatic rings. The van der Waals surface area contributed by atoms with Crippen LogP contribution in [0.25, 0.3) is 0 Å². The zero-order valence-electron chi connectivity index (χ0n) is 14.2. The highest BCUT2D eigenvalue weighted by Gasteiger charge is 2.36. The van der Waals surface area contributed by atoms with Gasteiger partial charge in [0, 0.05) is 24.1 Å². The van der Waals surface area contributed by atoms with Crippen molar-refractivity contribution in [2.45, 2.75) is 6.42 Å². The molecule has 0 spiro atoms. The predicted molar refractivity (Wildman–Crippen MR) is 95.5 cm³/mol. The van der Waals surface area contributed by atoms with Gasteiger partial charge in [0.05, 0.1) is 17.2 Å². The molecule has 1 fully saturated rings. The molecule has 3 amide bonds. The topological polar surface area (TPSA) is 98.7 Å². The Morgan fingerprint density at radius 3 is 2.61 bits per heavy atom. The Hall–Kier alpha value is -3.20. The third-order valence-corrected chi connectivity index (χ3v) is 4.43. The van der Waals surface area contributed by atoms with E-state index in [0.29, 0.717) is 6.07 Å². The van der Waals surface area contributed by atoms with E-state index in [1.165, 1.54) is 18.2 Å². The van der Waals surface area contributed by atoms with Crippen LogP contribution >= 0.6 is 11.6 Å². The first-order valence-electron chi connectivity index (χ1n) is 8.10. The summed E-state index contributed by atoms with van der Waals surface area (Å²) in [6, 6.07) is 6.61. The highest BCUT2D eigenvalue weighted by molar-refractivity contribution is 6.31. The van der Waals surface area contributed by atoms with Crippen LogP contribution in [0.1, 0.15) is 16.8 Å². The molecule has 2 aromatic carbocycles. The average Bonchev–Trinajstić information content (AvgIpc) is 3.03. The molecule has 0 aromatic heterocycles. The zero-order chi connectivity index (χ0) is 20.4. The van der Waals surface area contributed by atoms with Crippen LogP contribution in [0.5, 0.6) is 5.75 Å². The molecule has 0 bridgehead atoms. The maximum Gasteiger partial charge on any atom is 0.273 e. The fourth-order valence-electron chi connectivity index (χ4n) is 2.79. The lowest BCUT2D eigenvalue weighted by Gasteiger charge is -2.17. The third-order valence-electron chi connectivity index (χ3n) is 4.20. The Morgan fingerprint density at radius 2 is 1.89 bits per heavy atom. The van der Waals surface area contributed by atoms with Crippen molar-refractivity contribution < 1.29 is 28.3 Å². The minimum atomic E-state index is -0.917. The van der Waals surface area contributed by atoms with Crippen LogP contribution in [0.2, 0.25) is 5.02 Å². The highest BCUT2D eigenvalue weighted by Crippen LogP contribution is 2.28. The van der Waals surface area contributed by atoms with E-state index in [0.717, 1.165) is 17.0 Å². The molecule has 7 nitrogen and oxygen atoms in total. The number of anilines is 1. The van der Waals surface area contributed by atoms with E-state index in [2.05, 4.69) is 10.9 Å². The van der Waals surface area contributed by atoms with Crippen molar-refractivity contribution in [1.82, 2.24) is 10.9 Å². The first kappa shape index (κ1) is 19.6. The van der Waals surface area contributed by atoms with Crippen molar-refractivity contribution in [3.63, 3.8) is 0 Å². The number of phenols is 1. The molecular formula is C18H14ClF2N3O4. The highest BCUT2D eigenvalue weighted by atomic mass is 35.5. The van der Waals surface area contributed by atoms with E-state index < -0.39 is 35.3 Å². The molecule has 146 valence electrons. The molecule has 10 heteroatoms. The molecular weight excluding hydrogens is 396 g/mol. The monoisotopic (exact) mass is 409 g/mol. The molecule has 2 aromatic rings. The molecule has 0 radical (unpaired) electrons. The van der Waals surface area contributed by atoms with Gasteiger partial charge in [-0.05, 0) is 30.3 Å². The molecule has 3 rings (SSSR count). The van der Waals surface area contributed by atoms with Gasteiger partial charge in [0.15, 0.2) is 0 Å². The number of rotatable bonds is 3. The first-order valence-corrected chi connectivity index (χ1v) is 8.48. The summed E-state index contributed by atoms with van der Waals surface area (Å²) < 4.78 is 26.9. The van der Waals surface area contributed by atoms with Gasteiger partial charge in [-0.15, -0.1) is 0 Å². The number of amides is 3. The summed E-state index contributed by atoms with van der Waals surface area (Å²) in [6.45, 7) is -0.133. The molecule has 28 heavy (non-hydrogen) atoms. The van der Waals surface area contributed by atoms with Crippen LogP contribution in [0.4, 0.5) is 14.5 Å². The number of hydrazine groups is 1. The predicted octanol–water partition coefficient (Wildman–Crippen LogP) is 2.14. The van der Waals surface area contributed by atoms with Gasteiger partial charge in [0.2, 0.25) is 11.8 Å². The van der Waals surface area contributed by atoms with Crippen molar-refractivity contribution >= 4 is 35.0 Å². The Morgan fingerprint density at radius 1 is 1.14 bits per heavy atom. The number of hydrogen-bond acceptors (Lipinski definition) is 4. The number of phenolic OH excluding ortho intramolecular Hbond substituents is 1. The lowest BCUT2D eigenvalue weighted by atomic mass is 10.1. The summed E-state index contributed by atoms with van der Waals surface area (Å²) in [6.07, 6.45) is -0.207. The maximum absolute atomic E-state index is 13.9. The molecule has 3 N–H and O–H groups in total. The maximum atomic E-state index is 13.9. The van der Waals surface area contributed by atoms with Crippen LogP contribution in [0, 0.1) is 17.6 Å². The molecule has 1 unspecified atom stereocenters. The summed E-state index contributed by atoms with van der Waals surface area (Å²) >= 11 is 5.76. The molecule has 1 aliphatic heterocycles. The van der Waals surface area contributed by atoms with Gasteiger partial charge in [-0.3, -0.25) is 25.2 Å². The van der Waals surface area contributed by atoms with Gasteiger partial charge < -0.3 is 10.0 Å². The van der Waals surface area contributed by atoms with E-state index in [1.54, 1.807) is 0 Å². The fourth-order valence-corrected chi connectivity index (χ4v) is 2.97. The normalized spacial score (nSPS) is 16.2. The van der Waals surface area contributed by atoms with Crippen LogP contribution < -0.4 is 15.8 Å². The minimum absolute atomic E-state index is 0.130. The van der Waals surface area contributed by atoms with Crippen LogP contribution in [-0.2, 0) is 9.59 Å². The fraction of sp³-hybridized carbons (Fsp3) is 0.167. The number of hydrogen-bond donors (Lipinski definition) is 3. The van der Waals surface area contributed by atoms with Crippen LogP contribution in [-0.4, -0.2) is 29.4 Å². The van der Waals surface area contributed by atoms with Gasteiger partial charge in [0.25, 0.3) is 5.91 Å². The van der Waals surface area contributed by atoms with Crippen molar-refractivity contribution in [2.75, 3.05) is 11.4 Å². The van der Waals surface area contributed by atoms with E-state index in [1.807, 2.05) is 0 Å². The smallest absolute Gasteiger partial charge is 0.273 e. The van der Waals surface area contributed by atoms with Crippen LogP contribution in [0.3, 0.4) is 0 Å². The van der Waals surface area contributed by atoms with Gasteiger partial charge in [0.1, 0.15) is 17.4 Å². The molecule has 1 heterocycles. The second-order valence-corrected chi connectivity index (χ2v) is 6.54. The quantitative estimate of drug-likeness (QED) is 0.676. The van der Waals surface area contributed by atoms with E-state index in [4.69, 9.17) is 11.6 Å². The second kappa shape index (κ2) is 7.81. The Bertz CT molecular complexity index is 970. The van der Waals surface area contributed by atoms with Crippen molar-refractivity contribution in [2.24, 2.45) is 5.92 Å². The van der Waals surface area contributed by atoms with Gasteiger partial charge >= 0.3 is 0 Å².